The van der Waals surface area contributed by atoms with Crippen molar-refractivity contribution in [2.24, 2.45) is 0 Å². The van der Waals surface area contributed by atoms with Crippen LogP contribution in [0.1, 0.15) is 43.4 Å². The molecule has 3 rings (SSSR count). The molecule has 0 bridgehead atoms. The molecule has 0 saturated carbocycles. The lowest BCUT2D eigenvalue weighted by atomic mass is 10.1. The summed E-state index contributed by atoms with van der Waals surface area (Å²) < 4.78 is 29.1. The third-order valence-corrected chi connectivity index (χ3v) is 4.22. The van der Waals surface area contributed by atoms with Gasteiger partial charge < -0.3 is 4.90 Å². The Balaban J connectivity index is 1.80. The van der Waals surface area contributed by atoms with Crippen molar-refractivity contribution in [3.05, 3.63) is 23.3 Å². The SMILES string of the molecule is CCn1c(Cc2cc(C)[nH]n2)nnc1N1CCCC(F)(F)CC1. The first-order valence-corrected chi connectivity index (χ1v) is 8.04. The van der Waals surface area contributed by atoms with E-state index >= 15 is 0 Å². The number of alkyl halides is 2. The molecule has 0 aliphatic carbocycles. The summed E-state index contributed by atoms with van der Waals surface area (Å²) in [6, 6.07) is 1.97. The van der Waals surface area contributed by atoms with Crippen LogP contribution in [-0.4, -0.2) is 44.0 Å². The second-order valence-corrected chi connectivity index (χ2v) is 6.08. The van der Waals surface area contributed by atoms with Gasteiger partial charge >= 0.3 is 0 Å². The van der Waals surface area contributed by atoms with Crippen molar-refractivity contribution < 1.29 is 8.78 Å². The molecule has 0 amide bonds. The number of aryl methyl sites for hydroxylation is 1. The minimum atomic E-state index is -2.57. The summed E-state index contributed by atoms with van der Waals surface area (Å²) in [4.78, 5) is 1.93. The molecule has 0 spiro atoms. The molecule has 3 heterocycles. The zero-order valence-corrected chi connectivity index (χ0v) is 13.5. The number of rotatable bonds is 4. The van der Waals surface area contributed by atoms with Crippen LogP contribution in [0.3, 0.4) is 0 Å². The molecule has 1 saturated heterocycles. The summed E-state index contributed by atoms with van der Waals surface area (Å²) in [5.41, 5.74) is 1.90. The number of halogens is 2. The minimum Gasteiger partial charge on any atom is -0.341 e. The Morgan fingerprint density at radius 2 is 2.09 bits per heavy atom. The standard InChI is InChI=1S/C15H22F2N6/c1-3-23-13(10-12-9-11(2)18-19-12)20-21-14(23)22-7-4-5-15(16,17)6-8-22/h9H,3-8,10H2,1-2H3,(H,18,19). The second-order valence-electron chi connectivity index (χ2n) is 6.08. The number of aromatic amines is 1. The highest BCUT2D eigenvalue weighted by Crippen LogP contribution is 2.29. The second kappa shape index (κ2) is 6.25. The topological polar surface area (TPSA) is 62.6 Å². The fraction of sp³-hybridized carbons (Fsp3) is 0.667. The molecule has 0 radical (unpaired) electrons. The third kappa shape index (κ3) is 3.51. The van der Waals surface area contributed by atoms with Crippen molar-refractivity contribution in [3.63, 3.8) is 0 Å². The van der Waals surface area contributed by atoms with Gasteiger partial charge in [-0.1, -0.05) is 0 Å². The van der Waals surface area contributed by atoms with Gasteiger partial charge in [-0.3, -0.25) is 9.67 Å². The molecule has 1 N–H and O–H groups in total. The first kappa shape index (κ1) is 15.9. The molecule has 6 nitrogen and oxygen atoms in total. The number of hydrogen-bond acceptors (Lipinski definition) is 4. The van der Waals surface area contributed by atoms with Gasteiger partial charge in [0.25, 0.3) is 0 Å². The van der Waals surface area contributed by atoms with E-state index in [1.807, 2.05) is 29.4 Å². The van der Waals surface area contributed by atoms with Gasteiger partial charge in [0.15, 0.2) is 0 Å². The number of nitrogens with one attached hydrogen (secondary N) is 1. The Hall–Kier alpha value is -1.99. The molecule has 0 aromatic carbocycles. The first-order valence-electron chi connectivity index (χ1n) is 8.04. The highest BCUT2D eigenvalue weighted by molar-refractivity contribution is 5.32. The molecule has 1 aliphatic heterocycles. The van der Waals surface area contributed by atoms with Crippen molar-refractivity contribution in [3.8, 4) is 0 Å². The summed E-state index contributed by atoms with van der Waals surface area (Å²) in [5.74, 6) is -1.07. The van der Waals surface area contributed by atoms with Crippen molar-refractivity contribution in [2.75, 3.05) is 18.0 Å². The molecule has 2 aromatic rings. The molecule has 2 aromatic heterocycles. The lowest BCUT2D eigenvalue weighted by Crippen LogP contribution is -2.28. The number of H-pyrrole nitrogens is 1. The van der Waals surface area contributed by atoms with Crippen LogP contribution in [0.4, 0.5) is 14.7 Å². The van der Waals surface area contributed by atoms with Gasteiger partial charge in [-0.15, -0.1) is 10.2 Å². The van der Waals surface area contributed by atoms with Crippen LogP contribution < -0.4 is 4.90 Å². The zero-order valence-electron chi connectivity index (χ0n) is 13.5. The Bertz CT molecular complexity index is 663. The first-order chi connectivity index (χ1) is 11.0. The maximum Gasteiger partial charge on any atom is 0.249 e. The van der Waals surface area contributed by atoms with Gasteiger partial charge in [-0.25, -0.2) is 8.78 Å². The van der Waals surface area contributed by atoms with Crippen molar-refractivity contribution >= 4 is 5.95 Å². The smallest absolute Gasteiger partial charge is 0.249 e. The number of aromatic nitrogens is 5. The number of anilines is 1. The lowest BCUT2D eigenvalue weighted by molar-refractivity contribution is -0.0102. The van der Waals surface area contributed by atoms with E-state index in [9.17, 15) is 8.78 Å². The van der Waals surface area contributed by atoms with Gasteiger partial charge in [0.2, 0.25) is 11.9 Å². The van der Waals surface area contributed by atoms with Gasteiger partial charge in [0, 0.05) is 38.2 Å². The highest BCUT2D eigenvalue weighted by atomic mass is 19.3. The monoisotopic (exact) mass is 324 g/mol. The van der Waals surface area contributed by atoms with Crippen LogP contribution in [0.5, 0.6) is 0 Å². The Morgan fingerprint density at radius 3 is 2.78 bits per heavy atom. The zero-order chi connectivity index (χ0) is 16.4. The third-order valence-electron chi connectivity index (χ3n) is 4.22. The Kier molecular flexibility index (Phi) is 4.32. The fourth-order valence-corrected chi connectivity index (χ4v) is 3.01. The van der Waals surface area contributed by atoms with E-state index in [1.165, 1.54) is 0 Å². The van der Waals surface area contributed by atoms with Crippen molar-refractivity contribution in [1.29, 1.82) is 0 Å². The maximum absolute atomic E-state index is 13.5. The molecule has 1 aliphatic rings. The van der Waals surface area contributed by atoms with Gasteiger partial charge in [0.1, 0.15) is 5.82 Å². The highest BCUT2D eigenvalue weighted by Gasteiger charge is 2.33. The van der Waals surface area contributed by atoms with Crippen LogP contribution >= 0.6 is 0 Å². The van der Waals surface area contributed by atoms with E-state index < -0.39 is 5.92 Å². The molecule has 0 unspecified atom stereocenters. The predicted octanol–water partition coefficient (Wildman–Crippen LogP) is 2.55. The summed E-state index contributed by atoms with van der Waals surface area (Å²) in [6.07, 6.45) is 0.868. The molecule has 0 atom stereocenters. The Morgan fingerprint density at radius 1 is 1.26 bits per heavy atom. The number of hydrogen-bond donors (Lipinski definition) is 1. The fourth-order valence-electron chi connectivity index (χ4n) is 3.01. The van der Waals surface area contributed by atoms with Crippen LogP contribution in [0.2, 0.25) is 0 Å². The minimum absolute atomic E-state index is 0.0524. The summed E-state index contributed by atoms with van der Waals surface area (Å²) in [6.45, 7) is 5.57. The van der Waals surface area contributed by atoms with E-state index in [4.69, 9.17) is 0 Å². The van der Waals surface area contributed by atoms with Gasteiger partial charge in [-0.05, 0) is 26.3 Å². The average molecular weight is 324 g/mol. The van der Waals surface area contributed by atoms with E-state index in [-0.39, 0.29) is 12.8 Å². The molecular weight excluding hydrogens is 302 g/mol. The lowest BCUT2D eigenvalue weighted by Gasteiger charge is -2.22. The number of nitrogens with zero attached hydrogens (tertiary/aromatic N) is 5. The van der Waals surface area contributed by atoms with Crippen LogP contribution in [0, 0.1) is 6.92 Å². The van der Waals surface area contributed by atoms with E-state index in [1.54, 1.807) is 0 Å². The van der Waals surface area contributed by atoms with E-state index in [0.717, 1.165) is 17.2 Å². The predicted molar refractivity (Wildman–Crippen MR) is 82.8 cm³/mol. The molecule has 126 valence electrons. The van der Waals surface area contributed by atoms with Crippen LogP contribution in [0.25, 0.3) is 0 Å². The quantitative estimate of drug-likeness (QED) is 0.939. The van der Waals surface area contributed by atoms with Crippen molar-refractivity contribution in [1.82, 2.24) is 25.0 Å². The molecular formula is C15H22F2N6. The van der Waals surface area contributed by atoms with E-state index in [2.05, 4.69) is 20.4 Å². The normalized spacial score (nSPS) is 18.2. The summed E-state index contributed by atoms with van der Waals surface area (Å²) >= 11 is 0. The van der Waals surface area contributed by atoms with E-state index in [0.29, 0.717) is 38.4 Å². The maximum atomic E-state index is 13.5. The largest absolute Gasteiger partial charge is 0.341 e. The average Bonchev–Trinajstić information content (AvgIpc) is 3.04. The molecule has 8 heteroatoms. The van der Waals surface area contributed by atoms with Gasteiger partial charge in [-0.2, -0.15) is 5.10 Å². The Labute approximate surface area is 133 Å². The van der Waals surface area contributed by atoms with Crippen molar-refractivity contribution in [2.45, 2.75) is 52.0 Å². The van der Waals surface area contributed by atoms with Gasteiger partial charge in [0.05, 0.1) is 12.1 Å². The van der Waals surface area contributed by atoms with Crippen LogP contribution in [-0.2, 0) is 13.0 Å². The van der Waals surface area contributed by atoms with Crippen LogP contribution in [0.15, 0.2) is 6.07 Å². The summed E-state index contributed by atoms with van der Waals surface area (Å²) in [7, 11) is 0. The molecule has 23 heavy (non-hydrogen) atoms. The molecule has 1 fully saturated rings. The summed E-state index contributed by atoms with van der Waals surface area (Å²) in [5, 5.41) is 15.7.